The fourth-order valence-corrected chi connectivity index (χ4v) is 2.08. The molecule has 0 saturated carbocycles. The highest BCUT2D eigenvalue weighted by Gasteiger charge is 2.23. The lowest BCUT2D eigenvalue weighted by Gasteiger charge is -2.21. The first-order chi connectivity index (χ1) is 10.8. The van der Waals surface area contributed by atoms with Crippen LogP contribution in [0.15, 0.2) is 24.3 Å². The van der Waals surface area contributed by atoms with Crippen molar-refractivity contribution in [3.8, 4) is 11.4 Å². The van der Waals surface area contributed by atoms with Crippen molar-refractivity contribution >= 4 is 29.9 Å². The average Bonchev–Trinajstić information content (AvgIpc) is 2.95. The summed E-state index contributed by atoms with van der Waals surface area (Å²) in [6.45, 7) is 5.96. The Morgan fingerprint density at radius 1 is 1.38 bits per heavy atom. The van der Waals surface area contributed by atoms with E-state index in [9.17, 15) is 4.79 Å². The average molecular weight is 373 g/mol. The number of carbonyl (C=O) groups is 1. The molecule has 0 saturated heterocycles. The maximum atomic E-state index is 12.3. The van der Waals surface area contributed by atoms with Crippen molar-refractivity contribution in [3.05, 3.63) is 29.3 Å². The highest BCUT2D eigenvalue weighted by atomic mass is 35.5. The van der Waals surface area contributed by atoms with Crippen LogP contribution >= 0.6 is 24.0 Å². The number of aromatic nitrogens is 4. The lowest BCUT2D eigenvalue weighted by molar-refractivity contribution is -0.125. The molecule has 0 spiro atoms. The van der Waals surface area contributed by atoms with Crippen LogP contribution in [0.3, 0.4) is 0 Å². The highest BCUT2D eigenvalue weighted by Crippen LogP contribution is 2.18. The van der Waals surface area contributed by atoms with Crippen LogP contribution in [-0.2, 0) is 4.79 Å². The third kappa shape index (κ3) is 5.43. The number of carbonyl (C=O) groups excluding carboxylic acids is 1. The van der Waals surface area contributed by atoms with Crippen molar-refractivity contribution in [2.24, 2.45) is 5.73 Å². The summed E-state index contributed by atoms with van der Waals surface area (Å²) >= 11 is 5.87. The van der Waals surface area contributed by atoms with Crippen LogP contribution in [0.25, 0.3) is 11.4 Å². The van der Waals surface area contributed by atoms with E-state index in [0.717, 1.165) is 5.56 Å². The molecule has 1 aromatic carbocycles. The standard InChI is InChI=1S/C15H21ClN6O.ClH/c1-4-12(14(23)18-9-15(2,3)17)22-20-13(19-21-22)10-5-7-11(16)8-6-10;/h5-8,12H,4,9,17H2,1-3H3,(H,18,23);1H. The molecular weight excluding hydrogens is 351 g/mol. The molecule has 1 heterocycles. The second kappa shape index (κ2) is 8.41. The molecular formula is C15H22Cl2N6O. The topological polar surface area (TPSA) is 98.7 Å². The van der Waals surface area contributed by atoms with E-state index in [4.69, 9.17) is 17.3 Å². The van der Waals surface area contributed by atoms with E-state index in [0.29, 0.717) is 23.8 Å². The van der Waals surface area contributed by atoms with Crippen LogP contribution < -0.4 is 11.1 Å². The SMILES string of the molecule is CCC(C(=O)NCC(C)(C)N)n1nnc(-c2ccc(Cl)cc2)n1.Cl. The van der Waals surface area contributed by atoms with Gasteiger partial charge in [-0.1, -0.05) is 18.5 Å². The molecule has 3 N–H and O–H groups in total. The number of halogens is 2. The second-order valence-corrected chi connectivity index (χ2v) is 6.51. The number of nitrogens with zero attached hydrogens (tertiary/aromatic N) is 4. The van der Waals surface area contributed by atoms with Crippen molar-refractivity contribution in [2.75, 3.05) is 6.54 Å². The Morgan fingerprint density at radius 3 is 2.54 bits per heavy atom. The Hall–Kier alpha value is -1.70. The van der Waals surface area contributed by atoms with Crippen molar-refractivity contribution < 1.29 is 4.79 Å². The van der Waals surface area contributed by atoms with Gasteiger partial charge in [0.25, 0.3) is 0 Å². The Kier molecular flexibility index (Phi) is 7.13. The highest BCUT2D eigenvalue weighted by molar-refractivity contribution is 6.30. The first-order valence-electron chi connectivity index (χ1n) is 7.42. The minimum absolute atomic E-state index is 0. The van der Waals surface area contributed by atoms with Crippen molar-refractivity contribution in [1.29, 1.82) is 0 Å². The van der Waals surface area contributed by atoms with E-state index < -0.39 is 11.6 Å². The van der Waals surface area contributed by atoms with Crippen LogP contribution in [0, 0.1) is 0 Å². The number of nitrogens with one attached hydrogen (secondary N) is 1. The second-order valence-electron chi connectivity index (χ2n) is 6.07. The molecule has 9 heteroatoms. The Balaban J connectivity index is 0.00000288. The van der Waals surface area contributed by atoms with Gasteiger partial charge < -0.3 is 11.1 Å². The van der Waals surface area contributed by atoms with Gasteiger partial charge in [0.2, 0.25) is 11.7 Å². The predicted octanol–water partition coefficient (Wildman–Crippen LogP) is 2.22. The number of tetrazole rings is 1. The quantitative estimate of drug-likeness (QED) is 0.809. The summed E-state index contributed by atoms with van der Waals surface area (Å²) in [7, 11) is 0. The summed E-state index contributed by atoms with van der Waals surface area (Å²) in [5.41, 5.74) is 6.20. The summed E-state index contributed by atoms with van der Waals surface area (Å²) in [6, 6.07) is 6.60. The zero-order valence-electron chi connectivity index (χ0n) is 13.9. The molecule has 132 valence electrons. The number of benzene rings is 1. The normalized spacial score (nSPS) is 12.4. The summed E-state index contributed by atoms with van der Waals surface area (Å²) in [6.07, 6.45) is 0.549. The fourth-order valence-electron chi connectivity index (χ4n) is 1.96. The lowest BCUT2D eigenvalue weighted by Crippen LogP contribution is -2.47. The predicted molar refractivity (Wildman–Crippen MR) is 96.1 cm³/mol. The van der Waals surface area contributed by atoms with Crippen LogP contribution in [0.4, 0.5) is 0 Å². The Morgan fingerprint density at radius 2 is 2.00 bits per heavy atom. The van der Waals surface area contributed by atoms with Crippen molar-refractivity contribution in [2.45, 2.75) is 38.8 Å². The van der Waals surface area contributed by atoms with E-state index >= 15 is 0 Å². The molecule has 0 radical (unpaired) electrons. The lowest BCUT2D eigenvalue weighted by atomic mass is 10.1. The Bertz CT molecular complexity index is 665. The fraction of sp³-hybridized carbons (Fsp3) is 0.467. The van der Waals surface area contributed by atoms with Gasteiger partial charge in [-0.2, -0.15) is 4.80 Å². The molecule has 0 aliphatic heterocycles. The van der Waals surface area contributed by atoms with Crippen molar-refractivity contribution in [3.63, 3.8) is 0 Å². The van der Waals surface area contributed by atoms with E-state index in [2.05, 4.69) is 20.7 Å². The zero-order chi connectivity index (χ0) is 17.0. The van der Waals surface area contributed by atoms with E-state index in [1.165, 1.54) is 4.80 Å². The van der Waals surface area contributed by atoms with Gasteiger partial charge in [0, 0.05) is 22.7 Å². The summed E-state index contributed by atoms with van der Waals surface area (Å²) in [5.74, 6) is 0.276. The van der Waals surface area contributed by atoms with Gasteiger partial charge in [-0.3, -0.25) is 4.79 Å². The van der Waals surface area contributed by atoms with Crippen LogP contribution in [0.5, 0.6) is 0 Å². The Labute approximate surface area is 152 Å². The largest absolute Gasteiger partial charge is 0.352 e. The molecule has 1 aromatic heterocycles. The van der Waals surface area contributed by atoms with Gasteiger partial charge in [0.1, 0.15) is 0 Å². The van der Waals surface area contributed by atoms with E-state index in [1.54, 1.807) is 12.1 Å². The molecule has 0 fully saturated rings. The number of amides is 1. The van der Waals surface area contributed by atoms with Gasteiger partial charge >= 0.3 is 0 Å². The molecule has 2 rings (SSSR count). The monoisotopic (exact) mass is 372 g/mol. The maximum absolute atomic E-state index is 12.3. The maximum Gasteiger partial charge on any atom is 0.246 e. The molecule has 0 aliphatic carbocycles. The smallest absolute Gasteiger partial charge is 0.246 e. The first-order valence-corrected chi connectivity index (χ1v) is 7.80. The van der Waals surface area contributed by atoms with Crippen molar-refractivity contribution in [1.82, 2.24) is 25.5 Å². The van der Waals surface area contributed by atoms with Gasteiger partial charge in [-0.15, -0.1) is 22.6 Å². The molecule has 0 bridgehead atoms. The molecule has 1 atom stereocenters. The van der Waals surface area contributed by atoms with Crippen LogP contribution in [-0.4, -0.2) is 38.2 Å². The van der Waals surface area contributed by atoms with E-state index in [1.807, 2.05) is 32.9 Å². The minimum Gasteiger partial charge on any atom is -0.352 e. The molecule has 2 aromatic rings. The number of hydrogen-bond donors (Lipinski definition) is 2. The third-order valence-corrected chi connectivity index (χ3v) is 3.47. The molecule has 1 amide bonds. The molecule has 24 heavy (non-hydrogen) atoms. The first kappa shape index (κ1) is 20.3. The molecule has 0 aliphatic rings. The van der Waals surface area contributed by atoms with Gasteiger partial charge in [-0.05, 0) is 49.7 Å². The molecule has 7 nitrogen and oxygen atoms in total. The number of nitrogens with two attached hydrogens (primary N) is 1. The number of rotatable bonds is 6. The molecule has 1 unspecified atom stereocenters. The third-order valence-electron chi connectivity index (χ3n) is 3.22. The van der Waals surface area contributed by atoms with Gasteiger partial charge in [0.15, 0.2) is 6.04 Å². The minimum atomic E-state index is -0.522. The summed E-state index contributed by atoms with van der Waals surface area (Å²) in [5, 5.41) is 15.8. The van der Waals surface area contributed by atoms with Gasteiger partial charge in [0.05, 0.1) is 0 Å². The summed E-state index contributed by atoms with van der Waals surface area (Å²) < 4.78 is 0. The van der Waals surface area contributed by atoms with Crippen LogP contribution in [0.1, 0.15) is 33.2 Å². The summed E-state index contributed by atoms with van der Waals surface area (Å²) in [4.78, 5) is 13.6. The van der Waals surface area contributed by atoms with Gasteiger partial charge in [-0.25, -0.2) is 0 Å². The van der Waals surface area contributed by atoms with E-state index in [-0.39, 0.29) is 18.3 Å². The van der Waals surface area contributed by atoms with Crippen LogP contribution in [0.2, 0.25) is 5.02 Å². The zero-order valence-corrected chi connectivity index (χ0v) is 15.4. The number of hydrogen-bond acceptors (Lipinski definition) is 5.